The van der Waals surface area contributed by atoms with E-state index in [1.165, 1.54) is 0 Å². The Hall–Kier alpha value is -1.47. The lowest BCUT2D eigenvalue weighted by Crippen LogP contribution is -2.05. The summed E-state index contributed by atoms with van der Waals surface area (Å²) in [5.74, 6) is 0. The summed E-state index contributed by atoms with van der Waals surface area (Å²) in [4.78, 5) is 4.35. The SMILES string of the molecule is CC1CN=C(Nc2cccc(C#N)c2)S1. The maximum absolute atomic E-state index is 8.75. The second-order valence-electron chi connectivity index (χ2n) is 3.39. The second kappa shape index (κ2) is 4.37. The van der Waals surface area contributed by atoms with Gasteiger partial charge in [-0.15, -0.1) is 0 Å². The molecule has 0 aromatic heterocycles. The number of hydrogen-bond donors (Lipinski definition) is 1. The number of thioether (sulfide) groups is 1. The number of nitriles is 1. The Kier molecular flexibility index (Phi) is 2.93. The van der Waals surface area contributed by atoms with Crippen molar-refractivity contribution in [1.29, 1.82) is 5.26 Å². The maximum atomic E-state index is 8.75. The van der Waals surface area contributed by atoms with Crippen LogP contribution in [0.4, 0.5) is 5.69 Å². The van der Waals surface area contributed by atoms with Gasteiger partial charge in [-0.05, 0) is 18.2 Å². The van der Waals surface area contributed by atoms with Crippen molar-refractivity contribution in [3.63, 3.8) is 0 Å². The predicted molar refractivity (Wildman–Crippen MR) is 64.1 cm³/mol. The third-order valence-electron chi connectivity index (χ3n) is 2.05. The summed E-state index contributed by atoms with van der Waals surface area (Å²) >= 11 is 1.73. The van der Waals surface area contributed by atoms with Crippen molar-refractivity contribution in [3.05, 3.63) is 29.8 Å². The van der Waals surface area contributed by atoms with E-state index < -0.39 is 0 Å². The van der Waals surface area contributed by atoms with Crippen molar-refractivity contribution in [2.45, 2.75) is 12.2 Å². The Morgan fingerprint density at radius 2 is 2.47 bits per heavy atom. The van der Waals surface area contributed by atoms with Gasteiger partial charge in [-0.1, -0.05) is 24.8 Å². The highest BCUT2D eigenvalue weighted by Gasteiger charge is 2.14. The number of benzene rings is 1. The van der Waals surface area contributed by atoms with Gasteiger partial charge >= 0.3 is 0 Å². The molecule has 0 amide bonds. The molecular weight excluding hydrogens is 206 g/mol. The van der Waals surface area contributed by atoms with Crippen molar-refractivity contribution in [3.8, 4) is 6.07 Å². The summed E-state index contributed by atoms with van der Waals surface area (Å²) in [6.07, 6.45) is 0. The molecule has 1 N–H and O–H groups in total. The molecule has 1 unspecified atom stereocenters. The van der Waals surface area contributed by atoms with Crippen molar-refractivity contribution in [2.24, 2.45) is 4.99 Å². The molecule has 0 spiro atoms. The largest absolute Gasteiger partial charge is 0.335 e. The van der Waals surface area contributed by atoms with Gasteiger partial charge in [0.25, 0.3) is 0 Å². The molecule has 0 saturated carbocycles. The van der Waals surface area contributed by atoms with Crippen LogP contribution in [0.3, 0.4) is 0 Å². The first-order chi connectivity index (χ1) is 7.28. The first-order valence-electron chi connectivity index (χ1n) is 4.76. The molecule has 1 atom stereocenters. The molecule has 1 heterocycles. The quantitative estimate of drug-likeness (QED) is 0.786. The predicted octanol–water partition coefficient (Wildman–Crippen LogP) is 2.46. The molecule has 1 aromatic carbocycles. The average molecular weight is 217 g/mol. The minimum absolute atomic E-state index is 0.548. The van der Waals surface area contributed by atoms with Crippen LogP contribution in [0.25, 0.3) is 0 Å². The molecule has 15 heavy (non-hydrogen) atoms. The molecule has 0 aliphatic carbocycles. The Morgan fingerprint density at radius 3 is 3.13 bits per heavy atom. The van der Waals surface area contributed by atoms with Gasteiger partial charge in [0.2, 0.25) is 0 Å². The standard InChI is InChI=1S/C11H11N3S/c1-8-7-13-11(15-8)14-10-4-2-3-9(5-10)6-12/h2-5,8H,7H2,1H3,(H,13,14). The van der Waals surface area contributed by atoms with Crippen LogP contribution in [0.2, 0.25) is 0 Å². The first kappa shape index (κ1) is 10.1. The summed E-state index contributed by atoms with van der Waals surface area (Å²) in [6, 6.07) is 9.53. The number of hydrogen-bond acceptors (Lipinski definition) is 4. The number of anilines is 1. The Labute approximate surface area is 93.2 Å². The average Bonchev–Trinajstić information content (AvgIpc) is 2.64. The van der Waals surface area contributed by atoms with Crippen molar-refractivity contribution in [1.82, 2.24) is 0 Å². The number of nitrogens with one attached hydrogen (secondary N) is 1. The van der Waals surface area contributed by atoms with Crippen LogP contribution in [0.15, 0.2) is 29.3 Å². The Balaban J connectivity index is 2.08. The number of rotatable bonds is 1. The molecule has 4 heteroatoms. The van der Waals surface area contributed by atoms with Gasteiger partial charge in [0.1, 0.15) is 0 Å². The molecule has 0 fully saturated rings. The van der Waals surface area contributed by atoms with Crippen molar-refractivity contribution >= 4 is 22.6 Å². The molecule has 2 rings (SSSR count). The third-order valence-corrected chi connectivity index (χ3v) is 3.05. The summed E-state index contributed by atoms with van der Waals surface area (Å²) in [5, 5.41) is 13.4. The van der Waals surface area contributed by atoms with Crippen LogP contribution in [0, 0.1) is 11.3 Å². The van der Waals surface area contributed by atoms with Gasteiger partial charge < -0.3 is 5.32 Å². The van der Waals surface area contributed by atoms with E-state index in [0.717, 1.165) is 17.4 Å². The zero-order chi connectivity index (χ0) is 10.7. The van der Waals surface area contributed by atoms with E-state index in [9.17, 15) is 0 Å². The lowest BCUT2D eigenvalue weighted by atomic mass is 10.2. The van der Waals surface area contributed by atoms with E-state index in [1.807, 2.05) is 18.2 Å². The molecule has 1 aliphatic heterocycles. The summed E-state index contributed by atoms with van der Waals surface area (Å²) in [6.45, 7) is 3.01. The van der Waals surface area contributed by atoms with Crippen LogP contribution >= 0.6 is 11.8 Å². The molecule has 1 aliphatic rings. The van der Waals surface area contributed by atoms with Gasteiger partial charge in [-0.3, -0.25) is 4.99 Å². The minimum atomic E-state index is 0.548. The fraction of sp³-hybridized carbons (Fsp3) is 0.273. The van der Waals surface area contributed by atoms with Crippen LogP contribution in [0.5, 0.6) is 0 Å². The molecule has 1 aromatic rings. The van der Waals surface area contributed by atoms with E-state index in [0.29, 0.717) is 10.8 Å². The molecule has 0 radical (unpaired) electrons. The van der Waals surface area contributed by atoms with Crippen LogP contribution in [-0.4, -0.2) is 17.0 Å². The molecule has 0 bridgehead atoms. The monoisotopic (exact) mass is 217 g/mol. The van der Waals surface area contributed by atoms with Gasteiger partial charge in [-0.25, -0.2) is 0 Å². The fourth-order valence-corrected chi connectivity index (χ4v) is 2.19. The highest BCUT2D eigenvalue weighted by Crippen LogP contribution is 2.22. The smallest absolute Gasteiger partial charge is 0.161 e. The van der Waals surface area contributed by atoms with Crippen LogP contribution in [0.1, 0.15) is 12.5 Å². The lowest BCUT2D eigenvalue weighted by Gasteiger charge is -2.05. The lowest BCUT2D eigenvalue weighted by molar-refractivity contribution is 0.976. The zero-order valence-corrected chi connectivity index (χ0v) is 9.21. The number of nitrogens with zero attached hydrogens (tertiary/aromatic N) is 2. The van der Waals surface area contributed by atoms with Crippen molar-refractivity contribution < 1.29 is 0 Å². The molecule has 76 valence electrons. The van der Waals surface area contributed by atoms with E-state index in [4.69, 9.17) is 5.26 Å². The molecular formula is C11H11N3S. The Morgan fingerprint density at radius 1 is 1.60 bits per heavy atom. The fourth-order valence-electron chi connectivity index (χ4n) is 1.34. The highest BCUT2D eigenvalue weighted by atomic mass is 32.2. The second-order valence-corrected chi connectivity index (χ2v) is 4.82. The summed E-state index contributed by atoms with van der Waals surface area (Å²) < 4.78 is 0. The van der Waals surface area contributed by atoms with E-state index in [-0.39, 0.29) is 0 Å². The van der Waals surface area contributed by atoms with Gasteiger partial charge in [0.15, 0.2) is 5.17 Å². The van der Waals surface area contributed by atoms with Crippen molar-refractivity contribution in [2.75, 3.05) is 11.9 Å². The molecule has 0 saturated heterocycles. The van der Waals surface area contributed by atoms with Gasteiger partial charge in [-0.2, -0.15) is 5.26 Å². The minimum Gasteiger partial charge on any atom is -0.335 e. The molecule has 3 nitrogen and oxygen atoms in total. The number of amidine groups is 1. The van der Waals surface area contributed by atoms with Crippen LogP contribution < -0.4 is 5.32 Å². The van der Waals surface area contributed by atoms with Gasteiger partial charge in [0.05, 0.1) is 18.2 Å². The van der Waals surface area contributed by atoms with Gasteiger partial charge in [0, 0.05) is 10.9 Å². The normalized spacial score (nSPS) is 19.5. The zero-order valence-electron chi connectivity index (χ0n) is 8.40. The summed E-state index contributed by atoms with van der Waals surface area (Å²) in [7, 11) is 0. The van der Waals surface area contributed by atoms with Crippen LogP contribution in [-0.2, 0) is 0 Å². The van der Waals surface area contributed by atoms with E-state index in [2.05, 4.69) is 23.3 Å². The number of aliphatic imine (C=N–C) groups is 1. The summed E-state index contributed by atoms with van der Waals surface area (Å²) in [5.41, 5.74) is 1.59. The topological polar surface area (TPSA) is 48.2 Å². The third kappa shape index (κ3) is 2.51. The highest BCUT2D eigenvalue weighted by molar-refractivity contribution is 8.15. The first-order valence-corrected chi connectivity index (χ1v) is 5.64. The Bertz CT molecular complexity index is 434. The van der Waals surface area contributed by atoms with E-state index >= 15 is 0 Å². The van der Waals surface area contributed by atoms with E-state index in [1.54, 1.807) is 17.8 Å². The maximum Gasteiger partial charge on any atom is 0.161 e.